The Labute approximate surface area is 112 Å². The minimum absolute atomic E-state index is 0.315. The molecule has 0 radical (unpaired) electrons. The largest absolute Gasteiger partial charge is 0.508 e. The number of hydrogen-bond donors (Lipinski definition) is 2. The minimum atomic E-state index is 0.315. The van der Waals surface area contributed by atoms with Crippen LogP contribution in [0.15, 0.2) is 36.4 Å². The number of rotatable bonds is 5. The molecular formula is C15H19NOS. The van der Waals surface area contributed by atoms with E-state index < -0.39 is 0 Å². The van der Waals surface area contributed by atoms with Crippen molar-refractivity contribution in [2.75, 3.05) is 0 Å². The number of aromatic hydroxyl groups is 1. The fourth-order valence-corrected chi connectivity index (χ4v) is 2.82. The van der Waals surface area contributed by atoms with E-state index in [4.69, 9.17) is 0 Å². The predicted octanol–water partition coefficient (Wildman–Crippen LogP) is 3.87. The molecule has 0 bridgehead atoms. The van der Waals surface area contributed by atoms with Gasteiger partial charge in [0.15, 0.2) is 0 Å². The second-order valence-corrected chi connectivity index (χ2v) is 5.59. The molecule has 96 valence electrons. The van der Waals surface area contributed by atoms with E-state index in [1.165, 1.54) is 9.75 Å². The average molecular weight is 261 g/mol. The van der Waals surface area contributed by atoms with Crippen molar-refractivity contribution >= 4 is 11.3 Å². The Balaban J connectivity index is 1.96. The highest BCUT2D eigenvalue weighted by Crippen LogP contribution is 2.24. The number of thiophene rings is 1. The molecular weight excluding hydrogens is 242 g/mol. The third kappa shape index (κ3) is 3.12. The van der Waals surface area contributed by atoms with Gasteiger partial charge in [0.25, 0.3) is 0 Å². The zero-order chi connectivity index (χ0) is 13.0. The van der Waals surface area contributed by atoms with Crippen LogP contribution in [0.5, 0.6) is 5.75 Å². The van der Waals surface area contributed by atoms with Crippen molar-refractivity contribution < 1.29 is 5.11 Å². The molecule has 0 aliphatic carbocycles. The monoisotopic (exact) mass is 261 g/mol. The van der Waals surface area contributed by atoms with Crippen LogP contribution in [-0.4, -0.2) is 5.11 Å². The second kappa shape index (κ2) is 6.03. The molecule has 3 heteroatoms. The fraction of sp³-hybridized carbons (Fsp3) is 0.333. The molecule has 0 amide bonds. The fourth-order valence-electron chi connectivity index (χ4n) is 1.84. The van der Waals surface area contributed by atoms with E-state index in [1.54, 1.807) is 6.07 Å². The van der Waals surface area contributed by atoms with E-state index in [9.17, 15) is 5.11 Å². The summed E-state index contributed by atoms with van der Waals surface area (Å²) in [5.41, 5.74) is 0.941. The first-order chi connectivity index (χ1) is 8.70. The Bertz CT molecular complexity index is 507. The molecule has 0 spiro atoms. The van der Waals surface area contributed by atoms with Crippen molar-refractivity contribution in [2.24, 2.45) is 0 Å². The van der Waals surface area contributed by atoms with E-state index in [0.717, 1.165) is 12.0 Å². The number of phenols is 1. The zero-order valence-electron chi connectivity index (χ0n) is 10.8. The van der Waals surface area contributed by atoms with E-state index in [0.29, 0.717) is 18.3 Å². The lowest BCUT2D eigenvalue weighted by molar-refractivity contribution is 0.461. The minimum Gasteiger partial charge on any atom is -0.508 e. The first-order valence-electron chi connectivity index (χ1n) is 6.29. The number of para-hydroxylation sites is 1. The number of benzene rings is 1. The summed E-state index contributed by atoms with van der Waals surface area (Å²) >= 11 is 1.86. The lowest BCUT2D eigenvalue weighted by Crippen LogP contribution is -2.17. The lowest BCUT2D eigenvalue weighted by Gasteiger charge is -2.12. The standard InChI is InChI=1S/C15H19NOS/c1-3-13-8-9-15(18-13)11(2)16-10-12-6-4-5-7-14(12)17/h4-9,11,16-17H,3,10H2,1-2H3. The van der Waals surface area contributed by atoms with Crippen molar-refractivity contribution in [3.8, 4) is 5.75 Å². The third-order valence-electron chi connectivity index (χ3n) is 3.05. The Morgan fingerprint density at radius 3 is 2.67 bits per heavy atom. The number of phenolic OH excluding ortho intramolecular Hbond substituents is 1. The maximum atomic E-state index is 9.70. The Hall–Kier alpha value is -1.32. The van der Waals surface area contributed by atoms with Crippen molar-refractivity contribution in [3.63, 3.8) is 0 Å². The van der Waals surface area contributed by atoms with Gasteiger partial charge >= 0.3 is 0 Å². The molecule has 0 aliphatic heterocycles. The second-order valence-electron chi connectivity index (χ2n) is 4.39. The van der Waals surface area contributed by atoms with Gasteiger partial charge in [0, 0.05) is 27.9 Å². The summed E-state index contributed by atoms with van der Waals surface area (Å²) in [5.74, 6) is 0.359. The summed E-state index contributed by atoms with van der Waals surface area (Å²) < 4.78 is 0. The quantitative estimate of drug-likeness (QED) is 0.856. The molecule has 1 atom stereocenters. The van der Waals surface area contributed by atoms with Gasteiger partial charge in [-0.05, 0) is 31.5 Å². The summed E-state index contributed by atoms with van der Waals surface area (Å²) in [6, 6.07) is 12.2. The van der Waals surface area contributed by atoms with Crippen molar-refractivity contribution in [1.82, 2.24) is 5.32 Å². The molecule has 2 rings (SSSR count). The summed E-state index contributed by atoms with van der Waals surface area (Å²) in [4.78, 5) is 2.77. The maximum Gasteiger partial charge on any atom is 0.120 e. The van der Waals surface area contributed by atoms with Crippen LogP contribution in [-0.2, 0) is 13.0 Å². The van der Waals surface area contributed by atoms with Crippen LogP contribution < -0.4 is 5.32 Å². The molecule has 2 aromatic rings. The highest BCUT2D eigenvalue weighted by atomic mass is 32.1. The number of nitrogens with one attached hydrogen (secondary N) is 1. The van der Waals surface area contributed by atoms with E-state index in [2.05, 4.69) is 31.3 Å². The maximum absolute atomic E-state index is 9.70. The molecule has 2 N–H and O–H groups in total. The van der Waals surface area contributed by atoms with Crippen LogP contribution in [0.25, 0.3) is 0 Å². The number of aryl methyl sites for hydroxylation is 1. The summed E-state index contributed by atoms with van der Waals surface area (Å²) in [6.45, 7) is 5.02. The summed E-state index contributed by atoms with van der Waals surface area (Å²) in [6.07, 6.45) is 1.09. The third-order valence-corrected chi connectivity index (χ3v) is 4.46. The molecule has 0 aliphatic rings. The van der Waals surface area contributed by atoms with Gasteiger partial charge in [-0.3, -0.25) is 0 Å². The molecule has 1 heterocycles. The Kier molecular flexibility index (Phi) is 4.39. The van der Waals surface area contributed by atoms with Crippen LogP contribution in [0.1, 0.15) is 35.2 Å². The van der Waals surface area contributed by atoms with Crippen molar-refractivity contribution in [2.45, 2.75) is 32.9 Å². The topological polar surface area (TPSA) is 32.3 Å². The van der Waals surface area contributed by atoms with E-state index in [1.807, 2.05) is 29.5 Å². The molecule has 1 aromatic heterocycles. The smallest absolute Gasteiger partial charge is 0.120 e. The lowest BCUT2D eigenvalue weighted by atomic mass is 10.2. The van der Waals surface area contributed by atoms with Gasteiger partial charge in [0.05, 0.1) is 0 Å². The molecule has 1 unspecified atom stereocenters. The van der Waals surface area contributed by atoms with Gasteiger partial charge < -0.3 is 10.4 Å². The molecule has 1 aromatic carbocycles. The van der Waals surface area contributed by atoms with Gasteiger partial charge in [0.1, 0.15) is 5.75 Å². The first-order valence-corrected chi connectivity index (χ1v) is 7.11. The van der Waals surface area contributed by atoms with Crippen molar-refractivity contribution in [1.29, 1.82) is 0 Å². The van der Waals surface area contributed by atoms with Crippen LogP contribution in [0.2, 0.25) is 0 Å². The van der Waals surface area contributed by atoms with Crippen LogP contribution in [0.3, 0.4) is 0 Å². The number of hydrogen-bond acceptors (Lipinski definition) is 3. The van der Waals surface area contributed by atoms with Crippen LogP contribution in [0.4, 0.5) is 0 Å². The highest BCUT2D eigenvalue weighted by Gasteiger charge is 2.08. The Morgan fingerprint density at radius 1 is 1.22 bits per heavy atom. The van der Waals surface area contributed by atoms with Gasteiger partial charge in [-0.15, -0.1) is 11.3 Å². The molecule has 18 heavy (non-hydrogen) atoms. The molecule has 0 fully saturated rings. The van der Waals surface area contributed by atoms with E-state index in [-0.39, 0.29) is 0 Å². The Morgan fingerprint density at radius 2 is 2.00 bits per heavy atom. The SMILES string of the molecule is CCc1ccc(C(C)NCc2ccccc2O)s1. The van der Waals surface area contributed by atoms with Gasteiger partial charge in [0.2, 0.25) is 0 Å². The molecule has 0 saturated carbocycles. The van der Waals surface area contributed by atoms with Gasteiger partial charge in [-0.25, -0.2) is 0 Å². The summed E-state index contributed by atoms with van der Waals surface area (Å²) in [5, 5.41) is 13.1. The normalized spacial score (nSPS) is 12.6. The summed E-state index contributed by atoms with van der Waals surface area (Å²) in [7, 11) is 0. The van der Waals surface area contributed by atoms with Crippen LogP contribution >= 0.6 is 11.3 Å². The highest BCUT2D eigenvalue weighted by molar-refractivity contribution is 7.12. The zero-order valence-corrected chi connectivity index (χ0v) is 11.6. The van der Waals surface area contributed by atoms with Gasteiger partial charge in [-0.2, -0.15) is 0 Å². The van der Waals surface area contributed by atoms with Crippen molar-refractivity contribution in [3.05, 3.63) is 51.7 Å². The molecule has 2 nitrogen and oxygen atoms in total. The van der Waals surface area contributed by atoms with Gasteiger partial charge in [-0.1, -0.05) is 25.1 Å². The average Bonchev–Trinajstić information content (AvgIpc) is 2.86. The van der Waals surface area contributed by atoms with E-state index >= 15 is 0 Å². The van der Waals surface area contributed by atoms with Crippen LogP contribution in [0, 0.1) is 0 Å². The predicted molar refractivity (Wildman–Crippen MR) is 77.1 cm³/mol. The first kappa shape index (κ1) is 13.1. The molecule has 0 saturated heterocycles.